The van der Waals surface area contributed by atoms with Crippen molar-refractivity contribution < 1.29 is 41.2 Å². The fraction of sp³-hybridized carbons (Fsp3) is 0.821. The molecule has 1 heterocycles. The van der Waals surface area contributed by atoms with Crippen LogP contribution in [0.3, 0.4) is 0 Å². The first-order valence-electron chi connectivity index (χ1n) is 19.7. The average Bonchev–Trinajstić information content (AvgIpc) is 3.93. The first-order chi connectivity index (χ1) is 25.0. The number of carbonyl (C=O) groups is 5. The number of Topliss-reactive ketones (excluding diaryl/α,β-unsaturated/α-hetero) is 1. The normalized spacial score (nSPS) is 27.7. The lowest BCUT2D eigenvalue weighted by molar-refractivity contribution is -0.146. The predicted octanol–water partition coefficient (Wildman–Crippen LogP) is 4.43. The number of alkyl halides is 2. The van der Waals surface area contributed by atoms with Crippen LogP contribution >= 0.6 is 0 Å². The quantitative estimate of drug-likeness (QED) is 0.149. The van der Waals surface area contributed by atoms with Gasteiger partial charge in [0.2, 0.25) is 23.5 Å². The molecule has 54 heavy (non-hydrogen) atoms. The summed E-state index contributed by atoms with van der Waals surface area (Å²) in [5, 5.41) is 11.0. The summed E-state index contributed by atoms with van der Waals surface area (Å²) in [6.07, 6.45) is 5.67. The second-order valence-corrected chi connectivity index (χ2v) is 21.5. The summed E-state index contributed by atoms with van der Waals surface area (Å²) in [7, 11) is -3.85. The molecule has 0 aromatic rings. The minimum absolute atomic E-state index is 0.00547. The Labute approximate surface area is 319 Å². The smallest absolute Gasteiger partial charge is 0.315 e. The molecule has 15 heteroatoms. The van der Waals surface area contributed by atoms with Gasteiger partial charge in [0.15, 0.2) is 9.84 Å². The van der Waals surface area contributed by atoms with E-state index >= 15 is 0 Å². The van der Waals surface area contributed by atoms with Crippen LogP contribution in [-0.4, -0.2) is 96.0 Å². The van der Waals surface area contributed by atoms with Crippen molar-refractivity contribution in [2.75, 3.05) is 18.8 Å². The maximum absolute atomic E-state index is 14.9. The Balaban J connectivity index is 1.41. The number of urea groups is 1. The van der Waals surface area contributed by atoms with E-state index in [2.05, 4.69) is 27.8 Å². The highest BCUT2D eigenvalue weighted by atomic mass is 32.2. The minimum Gasteiger partial charge on any atom is -0.346 e. The van der Waals surface area contributed by atoms with Crippen molar-refractivity contribution in [1.29, 1.82) is 0 Å². The summed E-state index contributed by atoms with van der Waals surface area (Å²) in [5.74, 6) is -6.09. The summed E-state index contributed by atoms with van der Waals surface area (Å²) < 4.78 is 54.4. The Bertz CT molecular complexity index is 1610. The minimum atomic E-state index is -3.85. The number of rotatable bonds is 14. The van der Waals surface area contributed by atoms with Gasteiger partial charge in [0.05, 0.1) is 22.1 Å². The lowest BCUT2D eigenvalue weighted by atomic mass is 9.70. The molecule has 0 spiro atoms. The molecular weight excluding hydrogens is 721 g/mol. The Kier molecular flexibility index (Phi) is 11.8. The number of sulfone groups is 1. The number of amides is 5. The van der Waals surface area contributed by atoms with Crippen molar-refractivity contribution in [1.82, 2.24) is 26.2 Å². The number of nitrogens with zero attached hydrogens (tertiary/aromatic N) is 1. The van der Waals surface area contributed by atoms with E-state index in [1.54, 1.807) is 0 Å². The van der Waals surface area contributed by atoms with Crippen molar-refractivity contribution in [3.05, 3.63) is 12.7 Å². The molecule has 5 amide bonds. The van der Waals surface area contributed by atoms with Crippen molar-refractivity contribution in [2.24, 2.45) is 28.6 Å². The Morgan fingerprint density at radius 2 is 1.54 bits per heavy atom. The van der Waals surface area contributed by atoms with Gasteiger partial charge in [-0.2, -0.15) is 0 Å². The van der Waals surface area contributed by atoms with Gasteiger partial charge in [0, 0.05) is 25.9 Å². The van der Waals surface area contributed by atoms with Gasteiger partial charge in [-0.1, -0.05) is 59.0 Å². The Morgan fingerprint density at radius 1 is 0.926 bits per heavy atom. The molecule has 0 radical (unpaired) electrons. The molecule has 5 rings (SSSR count). The maximum Gasteiger partial charge on any atom is 0.315 e. The maximum atomic E-state index is 14.9. The summed E-state index contributed by atoms with van der Waals surface area (Å²) >= 11 is 0. The van der Waals surface area contributed by atoms with Gasteiger partial charge in [-0.25, -0.2) is 22.0 Å². The predicted molar refractivity (Wildman–Crippen MR) is 200 cm³/mol. The lowest BCUT2D eigenvalue weighted by Gasteiger charge is -2.45. The van der Waals surface area contributed by atoms with Gasteiger partial charge in [-0.05, 0) is 81.5 Å². The lowest BCUT2D eigenvalue weighted by Crippen LogP contribution is -2.65. The highest BCUT2D eigenvalue weighted by molar-refractivity contribution is 7.92. The molecule has 5 atom stereocenters. The van der Waals surface area contributed by atoms with Crippen molar-refractivity contribution in [3.63, 3.8) is 0 Å². The largest absolute Gasteiger partial charge is 0.346 e. The summed E-state index contributed by atoms with van der Waals surface area (Å²) in [5.41, 5.74) is -2.45. The number of carbonyl (C=O) groups excluding carboxylic acids is 5. The summed E-state index contributed by atoms with van der Waals surface area (Å²) in [6, 6.07) is -3.94. The second-order valence-electron chi connectivity index (χ2n) is 18.7. The SMILES string of the molecule is C=CCNC(=O)C(=O)C(CC1CC1)NC(=O)[C@@H]1[C@@H]2[C@H](CN1C(=O)[C@@H](NC(=O)NC1(CS(=O)(=O)C(C)(C)C)CCC(F)(F)CC1)C1(C)CCCCC1)C2(C)C. The molecule has 5 aliphatic rings. The Hall–Kier alpha value is -3.10. The number of nitrogens with one attached hydrogen (secondary N) is 4. The zero-order valence-corrected chi connectivity index (χ0v) is 33.6. The number of ketones is 1. The van der Waals surface area contributed by atoms with Gasteiger partial charge >= 0.3 is 6.03 Å². The van der Waals surface area contributed by atoms with Crippen molar-refractivity contribution in [2.45, 2.75) is 153 Å². The molecule has 1 saturated heterocycles. The summed E-state index contributed by atoms with van der Waals surface area (Å²) in [6.45, 7) is 14.5. The zero-order chi connectivity index (χ0) is 40.1. The van der Waals surface area contributed by atoms with E-state index in [0.717, 1.165) is 32.1 Å². The number of hydrogen-bond donors (Lipinski definition) is 4. The molecule has 12 nitrogen and oxygen atoms in total. The summed E-state index contributed by atoms with van der Waals surface area (Å²) in [4.78, 5) is 70.7. The van der Waals surface area contributed by atoms with Gasteiger partial charge in [0.1, 0.15) is 12.1 Å². The van der Waals surface area contributed by atoms with Crippen LogP contribution in [0.25, 0.3) is 0 Å². The van der Waals surface area contributed by atoms with Crippen LogP contribution in [0.5, 0.6) is 0 Å². The van der Waals surface area contributed by atoms with Crippen molar-refractivity contribution in [3.8, 4) is 0 Å². The molecule has 5 fully saturated rings. The second kappa shape index (κ2) is 15.1. The molecule has 4 N–H and O–H groups in total. The van der Waals surface area contributed by atoms with Gasteiger partial charge in [-0.15, -0.1) is 6.58 Å². The molecular formula is C39H61F2N5O7S. The van der Waals surface area contributed by atoms with Crippen molar-refractivity contribution >= 4 is 39.4 Å². The van der Waals surface area contributed by atoms with Crippen LogP contribution in [-0.2, 0) is 29.0 Å². The first kappa shape index (κ1) is 42.1. The number of hydrogen-bond acceptors (Lipinski definition) is 7. The first-order valence-corrected chi connectivity index (χ1v) is 21.3. The van der Waals surface area contributed by atoms with E-state index < -0.39 is 97.7 Å². The molecule has 304 valence electrons. The molecule has 1 unspecified atom stereocenters. The molecule has 0 aromatic heterocycles. The van der Waals surface area contributed by atoms with Crippen LogP contribution < -0.4 is 21.3 Å². The fourth-order valence-corrected chi connectivity index (χ4v) is 10.7. The third-order valence-electron chi connectivity index (χ3n) is 13.2. The number of likely N-dealkylation sites (tertiary alicyclic amines) is 1. The van der Waals surface area contributed by atoms with Gasteiger partial charge in [0.25, 0.3) is 5.91 Å². The third kappa shape index (κ3) is 8.96. The van der Waals surface area contributed by atoms with Crippen LogP contribution in [0.4, 0.5) is 13.6 Å². The highest BCUT2D eigenvalue weighted by Gasteiger charge is 2.70. The topological polar surface area (TPSA) is 171 Å². The molecule has 4 saturated carbocycles. The average molecular weight is 782 g/mol. The molecule has 0 aromatic carbocycles. The number of piperidine rings is 1. The number of halogens is 2. The Morgan fingerprint density at radius 3 is 2.09 bits per heavy atom. The van der Waals surface area contributed by atoms with Crippen LogP contribution in [0, 0.1) is 28.6 Å². The monoisotopic (exact) mass is 781 g/mol. The molecule has 1 aliphatic heterocycles. The van der Waals surface area contributed by atoms with Gasteiger partial charge < -0.3 is 26.2 Å². The van der Waals surface area contributed by atoms with E-state index in [9.17, 15) is 41.2 Å². The zero-order valence-electron chi connectivity index (χ0n) is 32.8. The molecule has 0 bridgehead atoms. The standard InChI is InChI=1S/C39H61F2N5O7S/c1-8-20-42-32(49)29(47)26(21-24-12-13-24)43-31(48)28-27-25(36(27,5)6)22-46(28)33(50)30(37(7)14-10-9-11-15-37)44-34(51)45-38(16-18-39(40,41)19-17-38)23-54(52,53)35(2,3)4/h8,24-28,30H,1,9-23H2,2-7H3,(H,42,49)(H,43,48)(H2,44,45,51)/t25-,26?,27-,28-,30+/m0/s1. The van der Waals surface area contributed by atoms with Crippen LogP contribution in [0.1, 0.15) is 119 Å². The van der Waals surface area contributed by atoms with E-state index in [1.165, 1.54) is 31.7 Å². The molecule has 4 aliphatic carbocycles. The number of fused-ring (bicyclic) bond motifs is 1. The van der Waals surface area contributed by atoms with Crippen LogP contribution in [0.15, 0.2) is 12.7 Å². The van der Waals surface area contributed by atoms with E-state index in [1.807, 2.05) is 20.8 Å². The van der Waals surface area contributed by atoms with Gasteiger partial charge in [-0.3, -0.25) is 19.2 Å². The van der Waals surface area contributed by atoms with E-state index in [0.29, 0.717) is 19.3 Å². The van der Waals surface area contributed by atoms with E-state index in [4.69, 9.17) is 0 Å². The van der Waals surface area contributed by atoms with E-state index in [-0.39, 0.29) is 49.1 Å². The highest BCUT2D eigenvalue weighted by Crippen LogP contribution is 2.65. The van der Waals surface area contributed by atoms with Crippen LogP contribution in [0.2, 0.25) is 0 Å². The third-order valence-corrected chi connectivity index (χ3v) is 16.0. The fourth-order valence-electron chi connectivity index (χ4n) is 9.13.